The molecule has 0 amide bonds. The average Bonchev–Trinajstić information content (AvgIpc) is 2.29. The van der Waals surface area contributed by atoms with Gasteiger partial charge in [0.05, 0.1) is 5.02 Å². The van der Waals surface area contributed by atoms with Crippen LogP contribution in [0.15, 0.2) is 16.6 Å². The third-order valence-corrected chi connectivity index (χ3v) is 3.39. The number of nitrogens with one attached hydrogen (secondary N) is 1. The van der Waals surface area contributed by atoms with E-state index in [1.807, 2.05) is 19.1 Å². The predicted molar refractivity (Wildman–Crippen MR) is 81.8 cm³/mol. The Morgan fingerprint density at radius 2 is 2.17 bits per heavy atom. The topological polar surface area (TPSA) is 21.3 Å². The maximum Gasteiger partial charge on any atom is 0.141 e. The molecule has 1 unspecified atom stereocenters. The normalized spacial score (nSPS) is 12.5. The summed E-state index contributed by atoms with van der Waals surface area (Å²) in [5, 5.41) is 4.03. The Morgan fingerprint density at radius 3 is 2.78 bits per heavy atom. The second-order valence-electron chi connectivity index (χ2n) is 4.52. The zero-order chi connectivity index (χ0) is 13.5. The number of hydrogen-bond acceptors (Lipinski definition) is 2. The molecule has 1 aromatic carbocycles. The Kier molecular flexibility index (Phi) is 7.05. The largest absolute Gasteiger partial charge is 0.488 e. The molecule has 1 rings (SSSR count). The monoisotopic (exact) mass is 333 g/mol. The lowest BCUT2D eigenvalue weighted by Crippen LogP contribution is -2.29. The van der Waals surface area contributed by atoms with Crippen LogP contribution >= 0.6 is 27.5 Å². The van der Waals surface area contributed by atoms with Crippen molar-refractivity contribution < 1.29 is 4.74 Å². The number of hydrogen-bond donors (Lipinski definition) is 1. The van der Waals surface area contributed by atoms with Crippen LogP contribution in [0.3, 0.4) is 0 Å². The Labute approximate surface area is 123 Å². The van der Waals surface area contributed by atoms with Crippen molar-refractivity contribution in [2.24, 2.45) is 0 Å². The van der Waals surface area contributed by atoms with Crippen LogP contribution in [0.1, 0.15) is 32.3 Å². The number of rotatable bonds is 7. The molecular formula is C14H21BrClNO. The Bertz CT molecular complexity index is 361. The fraction of sp³-hybridized carbons (Fsp3) is 0.571. The van der Waals surface area contributed by atoms with E-state index in [2.05, 4.69) is 35.1 Å². The molecule has 0 bridgehead atoms. The van der Waals surface area contributed by atoms with Crippen molar-refractivity contribution in [3.63, 3.8) is 0 Å². The van der Waals surface area contributed by atoms with Crippen LogP contribution < -0.4 is 10.1 Å². The van der Waals surface area contributed by atoms with Crippen LogP contribution in [0.4, 0.5) is 0 Å². The highest BCUT2D eigenvalue weighted by molar-refractivity contribution is 9.10. The number of benzene rings is 1. The Morgan fingerprint density at radius 1 is 1.44 bits per heavy atom. The van der Waals surface area contributed by atoms with E-state index in [4.69, 9.17) is 16.3 Å². The van der Waals surface area contributed by atoms with Gasteiger partial charge in [0.25, 0.3) is 0 Å². The molecule has 0 fully saturated rings. The number of halogens is 2. The molecular weight excluding hydrogens is 314 g/mol. The van der Waals surface area contributed by atoms with E-state index < -0.39 is 0 Å². The molecule has 1 N–H and O–H groups in total. The van der Waals surface area contributed by atoms with E-state index in [9.17, 15) is 0 Å². The van der Waals surface area contributed by atoms with E-state index in [-0.39, 0.29) is 6.10 Å². The second-order valence-corrected chi connectivity index (χ2v) is 5.84. The van der Waals surface area contributed by atoms with E-state index in [0.29, 0.717) is 5.02 Å². The Balaban J connectivity index is 2.51. The molecule has 1 aromatic rings. The van der Waals surface area contributed by atoms with Crippen molar-refractivity contribution in [2.75, 3.05) is 13.1 Å². The first-order chi connectivity index (χ1) is 8.54. The molecule has 0 aliphatic rings. The first-order valence-electron chi connectivity index (χ1n) is 6.37. The highest BCUT2D eigenvalue weighted by Gasteiger charge is 2.11. The third kappa shape index (κ3) is 5.17. The lowest BCUT2D eigenvalue weighted by molar-refractivity contribution is 0.216. The molecule has 1 atom stereocenters. The van der Waals surface area contributed by atoms with Gasteiger partial charge >= 0.3 is 0 Å². The van der Waals surface area contributed by atoms with Crippen molar-refractivity contribution in [3.05, 3.63) is 27.2 Å². The molecule has 0 aliphatic heterocycles. The molecule has 0 radical (unpaired) electrons. The first-order valence-corrected chi connectivity index (χ1v) is 7.54. The summed E-state index contributed by atoms with van der Waals surface area (Å²) >= 11 is 9.61. The maximum absolute atomic E-state index is 6.19. The summed E-state index contributed by atoms with van der Waals surface area (Å²) in [7, 11) is 0. The average molecular weight is 335 g/mol. The van der Waals surface area contributed by atoms with Gasteiger partial charge in [-0.1, -0.05) is 40.9 Å². The minimum absolute atomic E-state index is 0.110. The third-order valence-electron chi connectivity index (χ3n) is 2.65. The highest BCUT2D eigenvalue weighted by Crippen LogP contribution is 2.32. The second kappa shape index (κ2) is 8.03. The summed E-state index contributed by atoms with van der Waals surface area (Å²) in [6.07, 6.45) is 2.52. The van der Waals surface area contributed by atoms with Crippen molar-refractivity contribution in [1.82, 2.24) is 5.32 Å². The Hall–Kier alpha value is -0.250. The van der Waals surface area contributed by atoms with Gasteiger partial charge < -0.3 is 10.1 Å². The van der Waals surface area contributed by atoms with E-state index in [1.54, 1.807) is 0 Å². The fourth-order valence-electron chi connectivity index (χ4n) is 1.69. The quantitative estimate of drug-likeness (QED) is 0.738. The minimum atomic E-state index is 0.110. The van der Waals surface area contributed by atoms with Gasteiger partial charge in [-0.05, 0) is 44.5 Å². The summed E-state index contributed by atoms with van der Waals surface area (Å²) in [4.78, 5) is 0. The van der Waals surface area contributed by atoms with Crippen LogP contribution in [-0.2, 0) is 0 Å². The molecule has 0 heterocycles. The van der Waals surface area contributed by atoms with Crippen LogP contribution in [0, 0.1) is 6.92 Å². The SMILES string of the molecule is CCCCNCC(C)Oc1c(C)cc(Br)cc1Cl. The van der Waals surface area contributed by atoms with Crippen molar-refractivity contribution in [2.45, 2.75) is 39.7 Å². The zero-order valence-electron chi connectivity index (χ0n) is 11.2. The molecule has 102 valence electrons. The van der Waals surface area contributed by atoms with Gasteiger partial charge in [-0.3, -0.25) is 0 Å². The van der Waals surface area contributed by atoms with Gasteiger partial charge in [0.15, 0.2) is 0 Å². The summed E-state index contributed by atoms with van der Waals surface area (Å²) < 4.78 is 6.87. The predicted octanol–water partition coefficient (Wildman–Crippen LogP) is 4.57. The van der Waals surface area contributed by atoms with Crippen molar-refractivity contribution in [3.8, 4) is 5.75 Å². The van der Waals surface area contributed by atoms with Gasteiger partial charge in [0, 0.05) is 11.0 Å². The van der Waals surface area contributed by atoms with Crippen LogP contribution in [0.5, 0.6) is 5.75 Å². The molecule has 0 aromatic heterocycles. The van der Waals surface area contributed by atoms with Crippen LogP contribution in [0.25, 0.3) is 0 Å². The smallest absolute Gasteiger partial charge is 0.141 e. The fourth-order valence-corrected chi connectivity index (χ4v) is 2.70. The standard InChI is InChI=1S/C14H21BrClNO/c1-4-5-6-17-9-11(3)18-14-10(2)7-12(15)8-13(14)16/h7-8,11,17H,4-6,9H2,1-3H3. The van der Waals surface area contributed by atoms with Gasteiger partial charge in [-0.15, -0.1) is 0 Å². The van der Waals surface area contributed by atoms with E-state index in [1.165, 1.54) is 12.8 Å². The molecule has 2 nitrogen and oxygen atoms in total. The van der Waals surface area contributed by atoms with Gasteiger partial charge in [0.2, 0.25) is 0 Å². The van der Waals surface area contributed by atoms with Gasteiger partial charge in [-0.2, -0.15) is 0 Å². The maximum atomic E-state index is 6.19. The van der Waals surface area contributed by atoms with E-state index >= 15 is 0 Å². The minimum Gasteiger partial charge on any atom is -0.488 e. The molecule has 4 heteroatoms. The number of aryl methyl sites for hydroxylation is 1. The molecule has 0 saturated heterocycles. The first kappa shape index (κ1) is 15.8. The molecule has 18 heavy (non-hydrogen) atoms. The molecule has 0 saturated carbocycles. The van der Waals surface area contributed by atoms with Crippen LogP contribution in [0.2, 0.25) is 5.02 Å². The summed E-state index contributed by atoms with van der Waals surface area (Å²) in [5.41, 5.74) is 1.05. The summed E-state index contributed by atoms with van der Waals surface area (Å²) in [5.74, 6) is 0.782. The van der Waals surface area contributed by atoms with Gasteiger partial charge in [0.1, 0.15) is 11.9 Å². The summed E-state index contributed by atoms with van der Waals surface area (Å²) in [6, 6.07) is 3.87. The number of ether oxygens (including phenoxy) is 1. The van der Waals surface area contributed by atoms with Gasteiger partial charge in [-0.25, -0.2) is 0 Å². The zero-order valence-corrected chi connectivity index (χ0v) is 13.6. The summed E-state index contributed by atoms with van der Waals surface area (Å²) in [6.45, 7) is 8.12. The lowest BCUT2D eigenvalue weighted by atomic mass is 10.2. The van der Waals surface area contributed by atoms with E-state index in [0.717, 1.165) is 28.9 Å². The highest BCUT2D eigenvalue weighted by atomic mass is 79.9. The van der Waals surface area contributed by atoms with Crippen molar-refractivity contribution >= 4 is 27.5 Å². The van der Waals surface area contributed by atoms with Crippen molar-refractivity contribution in [1.29, 1.82) is 0 Å². The lowest BCUT2D eigenvalue weighted by Gasteiger charge is -2.18. The van der Waals surface area contributed by atoms with Crippen LogP contribution in [-0.4, -0.2) is 19.2 Å². The number of unbranched alkanes of at least 4 members (excludes halogenated alkanes) is 1. The molecule has 0 spiro atoms. The molecule has 0 aliphatic carbocycles.